The molecule has 1 aromatic rings. The number of aliphatic hydroxyl groups is 1. The maximum Gasteiger partial charge on any atom is 0.435 e. The van der Waals surface area contributed by atoms with Crippen LogP contribution in [0.1, 0.15) is 31.4 Å². The summed E-state index contributed by atoms with van der Waals surface area (Å²) < 4.78 is 38.1. The molecule has 0 atom stereocenters. The van der Waals surface area contributed by atoms with E-state index in [1.54, 1.807) is 0 Å². The van der Waals surface area contributed by atoms with E-state index >= 15 is 0 Å². The van der Waals surface area contributed by atoms with Crippen LogP contribution in [0.3, 0.4) is 0 Å². The highest BCUT2D eigenvalue weighted by atomic mass is 19.4. The van der Waals surface area contributed by atoms with E-state index in [4.69, 9.17) is 0 Å². The van der Waals surface area contributed by atoms with Crippen LogP contribution in [-0.2, 0) is 17.5 Å². The molecule has 1 aliphatic rings. The zero-order valence-electron chi connectivity index (χ0n) is 11.4. The third kappa shape index (κ3) is 4.73. The Balaban J connectivity index is 1.76. The zero-order valence-corrected chi connectivity index (χ0v) is 11.4. The lowest BCUT2D eigenvalue weighted by atomic mass is 9.87. The summed E-state index contributed by atoms with van der Waals surface area (Å²) in [5.74, 6) is -0.0429. The summed E-state index contributed by atoms with van der Waals surface area (Å²) in [6.07, 6.45) is -0.447. The Bertz CT molecular complexity index is 479. The first kappa shape index (κ1) is 15.8. The van der Waals surface area contributed by atoms with Crippen molar-refractivity contribution in [3.05, 3.63) is 18.0 Å². The monoisotopic (exact) mass is 305 g/mol. The second kappa shape index (κ2) is 6.46. The lowest BCUT2D eigenvalue weighted by Crippen LogP contribution is -2.34. The Labute approximate surface area is 120 Å². The summed E-state index contributed by atoms with van der Waals surface area (Å²) in [4.78, 5) is 11.7. The van der Waals surface area contributed by atoms with Crippen molar-refractivity contribution in [1.82, 2.24) is 15.1 Å². The van der Waals surface area contributed by atoms with E-state index in [0.29, 0.717) is 12.5 Å². The van der Waals surface area contributed by atoms with Gasteiger partial charge in [0.15, 0.2) is 5.69 Å². The van der Waals surface area contributed by atoms with E-state index in [9.17, 15) is 23.1 Å². The van der Waals surface area contributed by atoms with Crippen molar-refractivity contribution < 1.29 is 23.1 Å². The van der Waals surface area contributed by atoms with Gasteiger partial charge in [0.1, 0.15) is 6.54 Å². The molecule has 0 bridgehead atoms. The van der Waals surface area contributed by atoms with Crippen LogP contribution in [0.5, 0.6) is 0 Å². The van der Waals surface area contributed by atoms with Crippen LogP contribution in [-0.4, -0.2) is 33.4 Å². The number of alkyl halides is 3. The maximum atomic E-state index is 12.4. The van der Waals surface area contributed by atoms with Crippen LogP contribution in [0.2, 0.25) is 0 Å². The minimum absolute atomic E-state index is 0.231. The van der Waals surface area contributed by atoms with Crippen molar-refractivity contribution in [2.45, 2.75) is 44.5 Å². The van der Waals surface area contributed by atoms with Gasteiger partial charge in [-0.05, 0) is 37.7 Å². The first-order valence-electron chi connectivity index (χ1n) is 6.90. The highest BCUT2D eigenvalue weighted by molar-refractivity contribution is 5.75. The number of carbonyl (C=O) groups excluding carboxylic acids is 1. The van der Waals surface area contributed by atoms with E-state index in [-0.39, 0.29) is 18.6 Å². The van der Waals surface area contributed by atoms with Gasteiger partial charge in [-0.2, -0.15) is 18.3 Å². The number of halogens is 3. The van der Waals surface area contributed by atoms with Crippen LogP contribution >= 0.6 is 0 Å². The molecule has 2 rings (SSSR count). The van der Waals surface area contributed by atoms with E-state index in [1.165, 1.54) is 0 Å². The molecule has 0 saturated heterocycles. The lowest BCUT2D eigenvalue weighted by Gasteiger charge is -2.25. The topological polar surface area (TPSA) is 67.2 Å². The number of amides is 1. The number of hydrogen-bond donors (Lipinski definition) is 2. The number of hydrogen-bond acceptors (Lipinski definition) is 3. The molecule has 1 heterocycles. The predicted molar refractivity (Wildman–Crippen MR) is 68.2 cm³/mol. The van der Waals surface area contributed by atoms with Gasteiger partial charge in [0.2, 0.25) is 5.91 Å². The molecular formula is C13H18F3N3O2. The fourth-order valence-corrected chi connectivity index (χ4v) is 2.41. The highest BCUT2D eigenvalue weighted by Crippen LogP contribution is 2.27. The molecular weight excluding hydrogens is 287 g/mol. The zero-order chi connectivity index (χ0) is 15.5. The average molecular weight is 305 g/mol. The lowest BCUT2D eigenvalue weighted by molar-refractivity contribution is -0.141. The van der Waals surface area contributed by atoms with Gasteiger partial charge in [-0.25, -0.2) is 0 Å². The van der Waals surface area contributed by atoms with Gasteiger partial charge in [0, 0.05) is 12.7 Å². The number of rotatable bonds is 4. The Morgan fingerprint density at radius 2 is 2.05 bits per heavy atom. The summed E-state index contributed by atoms with van der Waals surface area (Å²) in [6, 6.07) is 0.843. The molecule has 0 radical (unpaired) electrons. The Hall–Kier alpha value is -1.57. The molecule has 1 aliphatic carbocycles. The normalized spacial score (nSPS) is 23.0. The third-order valence-corrected chi connectivity index (χ3v) is 3.64. The number of aromatic nitrogens is 2. The smallest absolute Gasteiger partial charge is 0.393 e. The van der Waals surface area contributed by atoms with E-state index in [1.807, 2.05) is 0 Å². The number of nitrogens with zero attached hydrogens (tertiary/aromatic N) is 2. The van der Waals surface area contributed by atoms with Crippen LogP contribution in [0.15, 0.2) is 12.3 Å². The minimum atomic E-state index is -4.50. The molecule has 21 heavy (non-hydrogen) atoms. The molecule has 1 amide bonds. The highest BCUT2D eigenvalue weighted by Gasteiger charge is 2.33. The molecule has 0 spiro atoms. The second-order valence-corrected chi connectivity index (χ2v) is 5.37. The maximum absolute atomic E-state index is 12.4. The van der Waals surface area contributed by atoms with E-state index in [0.717, 1.165) is 42.6 Å². The SMILES string of the molecule is O=C(Cn1ccc(C(F)(F)F)n1)NCC1CCC(O)CC1. The van der Waals surface area contributed by atoms with Crippen LogP contribution in [0, 0.1) is 5.92 Å². The molecule has 1 saturated carbocycles. The molecule has 118 valence electrons. The van der Waals surface area contributed by atoms with Gasteiger partial charge in [0.05, 0.1) is 6.10 Å². The van der Waals surface area contributed by atoms with Crippen molar-refractivity contribution in [2.24, 2.45) is 5.92 Å². The largest absolute Gasteiger partial charge is 0.435 e. The fraction of sp³-hybridized carbons (Fsp3) is 0.692. The van der Waals surface area contributed by atoms with Crippen molar-refractivity contribution in [3.8, 4) is 0 Å². The Morgan fingerprint density at radius 3 is 2.62 bits per heavy atom. The first-order chi connectivity index (χ1) is 9.84. The third-order valence-electron chi connectivity index (χ3n) is 3.64. The number of aliphatic hydroxyl groups excluding tert-OH is 1. The average Bonchev–Trinajstić information content (AvgIpc) is 2.86. The Morgan fingerprint density at radius 1 is 1.38 bits per heavy atom. The molecule has 2 N–H and O–H groups in total. The molecule has 0 aliphatic heterocycles. The number of nitrogens with one attached hydrogen (secondary N) is 1. The van der Waals surface area contributed by atoms with Gasteiger partial charge in [-0.1, -0.05) is 0 Å². The summed E-state index contributed by atoms with van der Waals surface area (Å²) in [7, 11) is 0. The summed E-state index contributed by atoms with van der Waals surface area (Å²) in [6.45, 7) is 0.254. The summed E-state index contributed by atoms with van der Waals surface area (Å²) >= 11 is 0. The summed E-state index contributed by atoms with van der Waals surface area (Å²) in [5, 5.41) is 15.4. The number of carbonyl (C=O) groups is 1. The molecule has 0 unspecified atom stereocenters. The van der Waals surface area contributed by atoms with Crippen molar-refractivity contribution >= 4 is 5.91 Å². The molecule has 8 heteroatoms. The van der Waals surface area contributed by atoms with Gasteiger partial charge in [-0.15, -0.1) is 0 Å². The van der Waals surface area contributed by atoms with E-state index < -0.39 is 11.9 Å². The van der Waals surface area contributed by atoms with Crippen LogP contribution in [0.25, 0.3) is 0 Å². The quantitative estimate of drug-likeness (QED) is 0.887. The van der Waals surface area contributed by atoms with Crippen molar-refractivity contribution in [3.63, 3.8) is 0 Å². The van der Waals surface area contributed by atoms with Crippen molar-refractivity contribution in [2.75, 3.05) is 6.54 Å². The van der Waals surface area contributed by atoms with Crippen LogP contribution < -0.4 is 5.32 Å². The van der Waals surface area contributed by atoms with Crippen molar-refractivity contribution in [1.29, 1.82) is 0 Å². The second-order valence-electron chi connectivity index (χ2n) is 5.37. The van der Waals surface area contributed by atoms with Gasteiger partial charge < -0.3 is 10.4 Å². The minimum Gasteiger partial charge on any atom is -0.393 e. The molecule has 1 fully saturated rings. The molecule has 0 aromatic carbocycles. The van der Waals surface area contributed by atoms with E-state index in [2.05, 4.69) is 10.4 Å². The van der Waals surface area contributed by atoms with Gasteiger partial charge >= 0.3 is 6.18 Å². The predicted octanol–water partition coefficient (Wildman–Crippen LogP) is 1.57. The molecule has 1 aromatic heterocycles. The van der Waals surface area contributed by atoms with Gasteiger partial charge in [0.25, 0.3) is 0 Å². The van der Waals surface area contributed by atoms with Gasteiger partial charge in [-0.3, -0.25) is 9.48 Å². The van der Waals surface area contributed by atoms with Crippen LogP contribution in [0.4, 0.5) is 13.2 Å². The fourth-order valence-electron chi connectivity index (χ4n) is 2.41. The Kier molecular flexibility index (Phi) is 4.87. The summed E-state index contributed by atoms with van der Waals surface area (Å²) in [5.41, 5.74) is -1.00. The first-order valence-corrected chi connectivity index (χ1v) is 6.90. The standard InChI is InChI=1S/C13H18F3N3O2/c14-13(15,16)11-5-6-19(18-11)8-12(21)17-7-9-1-3-10(20)4-2-9/h5-6,9-10,20H,1-4,7-8H2,(H,17,21). The molecule has 5 nitrogen and oxygen atoms in total.